The van der Waals surface area contributed by atoms with Gasteiger partial charge in [0.2, 0.25) is 10.0 Å². The highest BCUT2D eigenvalue weighted by atomic mass is 32.2. The van der Waals surface area contributed by atoms with Crippen LogP contribution in [-0.2, 0) is 21.4 Å². The normalized spacial score (nSPS) is 19.7. The number of aliphatic hydroxyl groups excluding tert-OH is 1. The van der Waals surface area contributed by atoms with Crippen LogP contribution in [0.1, 0.15) is 30.5 Å². The number of aryl methyl sites for hydroxylation is 1. The van der Waals surface area contributed by atoms with Gasteiger partial charge in [-0.1, -0.05) is 6.07 Å². The van der Waals surface area contributed by atoms with Crippen molar-refractivity contribution in [2.75, 3.05) is 19.8 Å². The first-order valence-corrected chi connectivity index (χ1v) is 8.46. The van der Waals surface area contributed by atoms with E-state index in [1.807, 2.05) is 26.8 Å². The van der Waals surface area contributed by atoms with Crippen LogP contribution in [0, 0.1) is 13.8 Å². The molecule has 1 saturated heterocycles. The molecule has 0 saturated carbocycles. The number of hydrogen-bond donors (Lipinski definition) is 1. The average Bonchev–Trinajstić information content (AvgIpc) is 2.40. The third kappa shape index (κ3) is 2.99. The Hall–Kier alpha value is -0.950. The topological polar surface area (TPSA) is 66.8 Å². The molecule has 0 unspecified atom stereocenters. The van der Waals surface area contributed by atoms with Gasteiger partial charge in [0.25, 0.3) is 0 Å². The first-order chi connectivity index (χ1) is 9.70. The molecule has 21 heavy (non-hydrogen) atoms. The quantitative estimate of drug-likeness (QED) is 0.920. The summed E-state index contributed by atoms with van der Waals surface area (Å²) in [5.41, 5.74) is 1.63. The van der Waals surface area contributed by atoms with Crippen LogP contribution in [0.15, 0.2) is 17.0 Å². The fourth-order valence-corrected chi connectivity index (χ4v) is 4.77. The number of hydrogen-bond acceptors (Lipinski definition) is 4. The zero-order valence-electron chi connectivity index (χ0n) is 13.0. The molecule has 2 rings (SSSR count). The maximum atomic E-state index is 13.0. The number of benzene rings is 1. The minimum atomic E-state index is -3.61. The van der Waals surface area contributed by atoms with Gasteiger partial charge >= 0.3 is 0 Å². The molecule has 0 bridgehead atoms. The lowest BCUT2D eigenvalue weighted by atomic mass is 10.1. The SMILES string of the molecule is Cc1cc(CO)cc(S(=O)(=O)N2CCOCC2(C)C)c1C. The summed E-state index contributed by atoms with van der Waals surface area (Å²) < 4.78 is 33.0. The fraction of sp³-hybridized carbons (Fsp3) is 0.600. The highest BCUT2D eigenvalue weighted by Crippen LogP contribution is 2.30. The zero-order chi connectivity index (χ0) is 15.8. The second kappa shape index (κ2) is 5.68. The van der Waals surface area contributed by atoms with E-state index in [9.17, 15) is 13.5 Å². The first-order valence-electron chi connectivity index (χ1n) is 7.02. The molecule has 5 nitrogen and oxygen atoms in total. The second-order valence-corrected chi connectivity index (χ2v) is 7.97. The van der Waals surface area contributed by atoms with Crippen LogP contribution in [0.4, 0.5) is 0 Å². The molecule has 118 valence electrons. The van der Waals surface area contributed by atoms with Crippen molar-refractivity contribution in [3.05, 3.63) is 28.8 Å². The summed E-state index contributed by atoms with van der Waals surface area (Å²) >= 11 is 0. The van der Waals surface area contributed by atoms with Gasteiger partial charge < -0.3 is 9.84 Å². The third-order valence-electron chi connectivity index (χ3n) is 4.00. The van der Waals surface area contributed by atoms with E-state index in [0.29, 0.717) is 25.3 Å². The minimum absolute atomic E-state index is 0.170. The average molecular weight is 313 g/mol. The molecular formula is C15H23NO4S. The summed E-state index contributed by atoms with van der Waals surface area (Å²) in [5.74, 6) is 0. The summed E-state index contributed by atoms with van der Waals surface area (Å²) in [6.45, 7) is 8.34. The van der Waals surface area contributed by atoms with Crippen molar-refractivity contribution in [2.24, 2.45) is 0 Å². The second-order valence-electron chi connectivity index (χ2n) is 6.14. The fourth-order valence-electron chi connectivity index (χ4n) is 2.67. The van der Waals surface area contributed by atoms with E-state index in [-0.39, 0.29) is 11.5 Å². The van der Waals surface area contributed by atoms with Gasteiger partial charge in [0.15, 0.2) is 0 Å². The van der Waals surface area contributed by atoms with Crippen LogP contribution in [0.5, 0.6) is 0 Å². The molecule has 6 heteroatoms. The number of aliphatic hydroxyl groups is 1. The maximum Gasteiger partial charge on any atom is 0.244 e. The number of rotatable bonds is 3. The molecule has 1 N–H and O–H groups in total. The number of ether oxygens (including phenoxy) is 1. The van der Waals surface area contributed by atoms with Gasteiger partial charge in [-0.2, -0.15) is 4.31 Å². The van der Waals surface area contributed by atoms with Gasteiger partial charge in [-0.3, -0.25) is 0 Å². The van der Waals surface area contributed by atoms with E-state index in [4.69, 9.17) is 4.74 Å². The van der Waals surface area contributed by atoms with Crippen LogP contribution in [0.2, 0.25) is 0 Å². The molecule has 1 heterocycles. The number of morpholine rings is 1. The van der Waals surface area contributed by atoms with Crippen molar-refractivity contribution in [3.63, 3.8) is 0 Å². The largest absolute Gasteiger partial charge is 0.392 e. The molecule has 1 aliphatic heterocycles. The monoisotopic (exact) mass is 313 g/mol. The van der Waals surface area contributed by atoms with Gasteiger partial charge in [0, 0.05) is 6.54 Å². The predicted molar refractivity (Wildman–Crippen MR) is 80.6 cm³/mol. The Morgan fingerprint density at radius 3 is 2.57 bits per heavy atom. The van der Waals surface area contributed by atoms with Crippen LogP contribution in [0.3, 0.4) is 0 Å². The Morgan fingerprint density at radius 1 is 1.33 bits per heavy atom. The van der Waals surface area contributed by atoms with Crippen LogP contribution < -0.4 is 0 Å². The van der Waals surface area contributed by atoms with Crippen molar-refractivity contribution in [1.82, 2.24) is 4.31 Å². The summed E-state index contributed by atoms with van der Waals surface area (Å²) in [5, 5.41) is 9.33. The van der Waals surface area contributed by atoms with Gasteiger partial charge in [0.1, 0.15) is 0 Å². The lowest BCUT2D eigenvalue weighted by Gasteiger charge is -2.41. The Kier molecular flexibility index (Phi) is 4.44. The van der Waals surface area contributed by atoms with E-state index in [2.05, 4.69) is 0 Å². The summed E-state index contributed by atoms with van der Waals surface area (Å²) in [4.78, 5) is 0.279. The van der Waals surface area contributed by atoms with Gasteiger partial charge in [-0.05, 0) is 50.5 Å². The maximum absolute atomic E-state index is 13.0. The Labute approximate surface area is 126 Å². The lowest BCUT2D eigenvalue weighted by molar-refractivity contribution is -0.00772. The number of sulfonamides is 1. The van der Waals surface area contributed by atoms with Crippen LogP contribution in [0.25, 0.3) is 0 Å². The Morgan fingerprint density at radius 2 is 2.00 bits per heavy atom. The van der Waals surface area contributed by atoms with E-state index < -0.39 is 15.6 Å². The molecule has 0 amide bonds. The first kappa shape index (κ1) is 16.4. The molecule has 1 fully saturated rings. The highest BCUT2D eigenvalue weighted by Gasteiger charge is 2.40. The molecule has 0 spiro atoms. The Bertz CT molecular complexity index is 637. The third-order valence-corrected chi connectivity index (χ3v) is 6.24. The molecule has 0 aromatic heterocycles. The summed E-state index contributed by atoms with van der Waals surface area (Å²) in [7, 11) is -3.61. The molecular weight excluding hydrogens is 290 g/mol. The van der Waals surface area contributed by atoms with E-state index in [1.165, 1.54) is 4.31 Å². The van der Waals surface area contributed by atoms with E-state index in [1.54, 1.807) is 13.0 Å². The highest BCUT2D eigenvalue weighted by molar-refractivity contribution is 7.89. The molecule has 0 radical (unpaired) electrons. The molecule has 0 atom stereocenters. The Balaban J connectivity index is 2.56. The van der Waals surface area contributed by atoms with Crippen LogP contribution in [-0.4, -0.2) is 43.1 Å². The number of nitrogens with zero attached hydrogens (tertiary/aromatic N) is 1. The van der Waals surface area contributed by atoms with Crippen molar-refractivity contribution in [3.8, 4) is 0 Å². The van der Waals surface area contributed by atoms with Gasteiger partial charge in [-0.15, -0.1) is 0 Å². The standard InChI is InChI=1S/C15H23NO4S/c1-11-7-13(9-17)8-14(12(11)2)21(18,19)16-5-6-20-10-15(16,3)4/h7-8,17H,5-6,9-10H2,1-4H3. The van der Waals surface area contributed by atoms with E-state index >= 15 is 0 Å². The van der Waals surface area contributed by atoms with Gasteiger partial charge in [-0.25, -0.2) is 8.42 Å². The van der Waals surface area contributed by atoms with Crippen molar-refractivity contribution in [2.45, 2.75) is 44.7 Å². The van der Waals surface area contributed by atoms with E-state index in [0.717, 1.165) is 11.1 Å². The lowest BCUT2D eigenvalue weighted by Crippen LogP contribution is -2.55. The predicted octanol–water partition coefficient (Wildman–Crippen LogP) is 1.60. The zero-order valence-corrected chi connectivity index (χ0v) is 13.8. The smallest absolute Gasteiger partial charge is 0.244 e. The summed E-state index contributed by atoms with van der Waals surface area (Å²) in [6, 6.07) is 3.39. The summed E-state index contributed by atoms with van der Waals surface area (Å²) in [6.07, 6.45) is 0. The van der Waals surface area contributed by atoms with Crippen LogP contribution >= 0.6 is 0 Å². The van der Waals surface area contributed by atoms with Crippen molar-refractivity contribution >= 4 is 10.0 Å². The molecule has 1 aromatic rings. The molecule has 1 aliphatic rings. The molecule has 0 aliphatic carbocycles. The van der Waals surface area contributed by atoms with Crippen molar-refractivity contribution in [1.29, 1.82) is 0 Å². The van der Waals surface area contributed by atoms with Crippen molar-refractivity contribution < 1.29 is 18.3 Å². The van der Waals surface area contributed by atoms with Gasteiger partial charge in [0.05, 0.1) is 30.3 Å². The molecule has 1 aromatic carbocycles. The minimum Gasteiger partial charge on any atom is -0.392 e.